The monoisotopic (exact) mass is 268 g/mol. The average molecular weight is 268 g/mol. The lowest BCUT2D eigenvalue weighted by Crippen LogP contribution is -2.44. The number of rotatable bonds is 3. The minimum atomic E-state index is -0.904. The maximum atomic E-state index is 13.1. The van der Waals surface area contributed by atoms with Crippen molar-refractivity contribution in [2.45, 2.75) is 25.3 Å². The van der Waals surface area contributed by atoms with Gasteiger partial charge in [-0.3, -0.25) is 4.79 Å². The first-order chi connectivity index (χ1) is 9.10. The lowest BCUT2D eigenvalue weighted by Gasteiger charge is -2.31. The number of hydrogen-bond donors (Lipinski definition) is 1. The molecule has 1 amide bonds. The fraction of sp³-hybridized carbons (Fsp3) is 0.500. The third-order valence-electron chi connectivity index (χ3n) is 3.60. The number of piperidine rings is 1. The van der Waals surface area contributed by atoms with Gasteiger partial charge >= 0.3 is 0 Å². The van der Waals surface area contributed by atoms with Crippen molar-refractivity contribution in [3.8, 4) is 0 Å². The van der Waals surface area contributed by atoms with Gasteiger partial charge in [0.15, 0.2) is 11.6 Å². The fourth-order valence-electron chi connectivity index (χ4n) is 2.35. The largest absolute Gasteiger partial charge is 0.342 e. The number of amides is 1. The van der Waals surface area contributed by atoms with E-state index in [1.54, 1.807) is 4.90 Å². The van der Waals surface area contributed by atoms with Crippen molar-refractivity contribution in [2.75, 3.05) is 20.1 Å². The molecule has 0 radical (unpaired) electrons. The SMILES string of the molecule is CNC1CCN(C(=O)Cc2ccc(F)c(F)c2)CC1. The molecule has 0 unspecified atom stereocenters. The van der Waals surface area contributed by atoms with E-state index >= 15 is 0 Å². The van der Waals surface area contributed by atoms with Gasteiger partial charge in [-0.2, -0.15) is 0 Å². The molecule has 0 bridgehead atoms. The average Bonchev–Trinajstić information content (AvgIpc) is 2.43. The molecule has 3 nitrogen and oxygen atoms in total. The van der Waals surface area contributed by atoms with Crippen molar-refractivity contribution in [1.82, 2.24) is 10.2 Å². The highest BCUT2D eigenvalue weighted by Gasteiger charge is 2.21. The maximum Gasteiger partial charge on any atom is 0.226 e. The van der Waals surface area contributed by atoms with Crippen LogP contribution in [-0.2, 0) is 11.2 Å². The molecular formula is C14H18F2N2O. The summed E-state index contributed by atoms with van der Waals surface area (Å²) >= 11 is 0. The lowest BCUT2D eigenvalue weighted by molar-refractivity contribution is -0.131. The van der Waals surface area contributed by atoms with Crippen LogP contribution in [0.4, 0.5) is 8.78 Å². The van der Waals surface area contributed by atoms with Crippen LogP contribution >= 0.6 is 0 Å². The van der Waals surface area contributed by atoms with Gasteiger partial charge in [-0.05, 0) is 37.6 Å². The van der Waals surface area contributed by atoms with Gasteiger partial charge in [-0.15, -0.1) is 0 Å². The van der Waals surface area contributed by atoms with E-state index in [1.165, 1.54) is 6.07 Å². The number of benzene rings is 1. The Bertz CT molecular complexity index is 457. The molecule has 0 atom stereocenters. The van der Waals surface area contributed by atoms with E-state index in [-0.39, 0.29) is 12.3 Å². The molecule has 2 rings (SSSR count). The summed E-state index contributed by atoms with van der Waals surface area (Å²) in [5.74, 6) is -1.81. The third-order valence-corrected chi connectivity index (χ3v) is 3.60. The summed E-state index contributed by atoms with van der Waals surface area (Å²) in [7, 11) is 1.92. The molecule has 0 spiro atoms. The molecule has 104 valence electrons. The van der Waals surface area contributed by atoms with Crippen molar-refractivity contribution < 1.29 is 13.6 Å². The summed E-state index contributed by atoms with van der Waals surface area (Å²) in [6.07, 6.45) is 1.99. The minimum absolute atomic E-state index is 0.0273. The van der Waals surface area contributed by atoms with Gasteiger partial charge in [0.2, 0.25) is 5.91 Å². The van der Waals surface area contributed by atoms with Gasteiger partial charge < -0.3 is 10.2 Å². The molecule has 5 heteroatoms. The molecule has 1 saturated heterocycles. The Morgan fingerprint density at radius 1 is 1.32 bits per heavy atom. The molecule has 1 aliphatic rings. The highest BCUT2D eigenvalue weighted by atomic mass is 19.2. The van der Waals surface area contributed by atoms with Crippen molar-refractivity contribution in [1.29, 1.82) is 0 Å². The number of nitrogens with one attached hydrogen (secondary N) is 1. The van der Waals surface area contributed by atoms with Crippen molar-refractivity contribution in [2.24, 2.45) is 0 Å². The van der Waals surface area contributed by atoms with Gasteiger partial charge in [0.25, 0.3) is 0 Å². The minimum Gasteiger partial charge on any atom is -0.342 e. The number of halogens is 2. The summed E-state index contributed by atoms with van der Waals surface area (Å²) in [6.45, 7) is 1.43. The fourth-order valence-corrected chi connectivity index (χ4v) is 2.35. The second kappa shape index (κ2) is 6.10. The van der Waals surface area contributed by atoms with Crippen LogP contribution in [0.15, 0.2) is 18.2 Å². The van der Waals surface area contributed by atoms with Gasteiger partial charge in [-0.25, -0.2) is 8.78 Å². The number of nitrogens with zero attached hydrogens (tertiary/aromatic N) is 1. The standard InChI is InChI=1S/C14H18F2N2O/c1-17-11-4-6-18(7-5-11)14(19)9-10-2-3-12(15)13(16)8-10/h2-3,8,11,17H,4-7,9H2,1H3. The molecule has 1 fully saturated rings. The van der Waals surface area contributed by atoms with E-state index < -0.39 is 11.6 Å². The molecular weight excluding hydrogens is 250 g/mol. The number of hydrogen-bond acceptors (Lipinski definition) is 2. The van der Waals surface area contributed by atoms with E-state index in [0.29, 0.717) is 24.7 Å². The summed E-state index contributed by atoms with van der Waals surface area (Å²) in [4.78, 5) is 13.8. The topological polar surface area (TPSA) is 32.3 Å². The van der Waals surface area contributed by atoms with E-state index in [0.717, 1.165) is 25.0 Å². The molecule has 1 aromatic carbocycles. The Labute approximate surface area is 111 Å². The van der Waals surface area contributed by atoms with Gasteiger partial charge in [0, 0.05) is 19.1 Å². The Balaban J connectivity index is 1.92. The van der Waals surface area contributed by atoms with Crippen LogP contribution in [0.2, 0.25) is 0 Å². The van der Waals surface area contributed by atoms with E-state index in [1.807, 2.05) is 7.05 Å². The van der Waals surface area contributed by atoms with Gasteiger partial charge in [0.05, 0.1) is 6.42 Å². The number of likely N-dealkylation sites (tertiary alicyclic amines) is 1. The zero-order valence-corrected chi connectivity index (χ0v) is 11.0. The van der Waals surface area contributed by atoms with Crippen LogP contribution in [0.5, 0.6) is 0 Å². The predicted octanol–water partition coefficient (Wildman–Crippen LogP) is 1.72. The van der Waals surface area contributed by atoms with Crippen LogP contribution < -0.4 is 5.32 Å². The molecule has 0 saturated carbocycles. The highest BCUT2D eigenvalue weighted by molar-refractivity contribution is 5.78. The first-order valence-electron chi connectivity index (χ1n) is 6.49. The molecule has 1 aliphatic heterocycles. The van der Waals surface area contributed by atoms with Gasteiger partial charge in [0.1, 0.15) is 0 Å². The second-order valence-corrected chi connectivity index (χ2v) is 4.87. The van der Waals surface area contributed by atoms with Crippen molar-refractivity contribution in [3.05, 3.63) is 35.4 Å². The number of carbonyl (C=O) groups is 1. The normalized spacial score (nSPS) is 16.7. The quantitative estimate of drug-likeness (QED) is 0.905. The summed E-state index contributed by atoms with van der Waals surface area (Å²) in [5, 5.41) is 3.20. The molecule has 1 heterocycles. The van der Waals surface area contributed by atoms with E-state index in [9.17, 15) is 13.6 Å². The highest BCUT2D eigenvalue weighted by Crippen LogP contribution is 2.14. The maximum absolute atomic E-state index is 13.1. The van der Waals surface area contributed by atoms with Crippen LogP contribution in [-0.4, -0.2) is 37.0 Å². The van der Waals surface area contributed by atoms with Crippen molar-refractivity contribution >= 4 is 5.91 Å². The molecule has 19 heavy (non-hydrogen) atoms. The Kier molecular flexibility index (Phi) is 4.47. The Morgan fingerprint density at radius 2 is 2.00 bits per heavy atom. The molecule has 0 aromatic heterocycles. The summed E-state index contributed by atoms with van der Waals surface area (Å²) in [6, 6.07) is 4.07. The smallest absolute Gasteiger partial charge is 0.226 e. The molecule has 1 N–H and O–H groups in total. The van der Waals surface area contributed by atoms with E-state index in [4.69, 9.17) is 0 Å². The van der Waals surface area contributed by atoms with E-state index in [2.05, 4.69) is 5.32 Å². The van der Waals surface area contributed by atoms with Crippen LogP contribution in [0, 0.1) is 11.6 Å². The zero-order chi connectivity index (χ0) is 13.8. The lowest BCUT2D eigenvalue weighted by atomic mass is 10.0. The third kappa shape index (κ3) is 3.50. The molecule has 1 aromatic rings. The first-order valence-corrected chi connectivity index (χ1v) is 6.49. The van der Waals surface area contributed by atoms with Crippen LogP contribution in [0.3, 0.4) is 0 Å². The zero-order valence-electron chi connectivity index (χ0n) is 11.0. The second-order valence-electron chi connectivity index (χ2n) is 4.87. The molecule has 0 aliphatic carbocycles. The first kappa shape index (κ1) is 13.9. The number of carbonyl (C=O) groups excluding carboxylic acids is 1. The summed E-state index contributed by atoms with van der Waals surface area (Å²) < 4.78 is 25.9. The van der Waals surface area contributed by atoms with Crippen LogP contribution in [0.1, 0.15) is 18.4 Å². The van der Waals surface area contributed by atoms with Gasteiger partial charge in [-0.1, -0.05) is 6.07 Å². The Hall–Kier alpha value is -1.49. The predicted molar refractivity (Wildman–Crippen MR) is 68.7 cm³/mol. The Morgan fingerprint density at radius 3 is 2.58 bits per heavy atom. The summed E-state index contributed by atoms with van der Waals surface area (Å²) in [5.41, 5.74) is 0.514. The van der Waals surface area contributed by atoms with Crippen LogP contribution in [0.25, 0.3) is 0 Å². The van der Waals surface area contributed by atoms with Crippen molar-refractivity contribution in [3.63, 3.8) is 0 Å².